The molecular weight excluding hydrogens is 142 g/mol. The lowest BCUT2D eigenvalue weighted by Crippen LogP contribution is -2.33. The van der Waals surface area contributed by atoms with E-state index in [0.717, 1.165) is 11.2 Å². The third-order valence-electron chi connectivity index (χ3n) is 2.14. The van der Waals surface area contributed by atoms with E-state index in [2.05, 4.69) is 37.8 Å². The maximum Gasteiger partial charge on any atom is 0.0170 e. The van der Waals surface area contributed by atoms with Gasteiger partial charge in [-0.15, -0.1) is 0 Å². The van der Waals surface area contributed by atoms with Gasteiger partial charge in [0, 0.05) is 11.3 Å². The molecule has 10 heavy (non-hydrogen) atoms. The number of rotatable bonds is 0. The zero-order valence-corrected chi connectivity index (χ0v) is 7.87. The van der Waals surface area contributed by atoms with Crippen molar-refractivity contribution in [1.82, 2.24) is 5.32 Å². The van der Waals surface area contributed by atoms with Crippen molar-refractivity contribution < 1.29 is 0 Å². The van der Waals surface area contributed by atoms with Gasteiger partial charge >= 0.3 is 0 Å². The largest absolute Gasteiger partial charge is 0.313 e. The Hall–Kier alpha value is 0.310. The summed E-state index contributed by atoms with van der Waals surface area (Å²) in [5, 5.41) is 4.31. The van der Waals surface area contributed by atoms with E-state index in [0.29, 0.717) is 6.04 Å². The molecule has 0 spiro atoms. The first-order chi connectivity index (χ1) is 4.70. The first-order valence-electron chi connectivity index (χ1n) is 4.05. The second kappa shape index (κ2) is 3.63. The highest BCUT2D eigenvalue weighted by Crippen LogP contribution is 2.20. The van der Waals surface area contributed by atoms with Crippen LogP contribution in [-0.2, 0) is 0 Å². The van der Waals surface area contributed by atoms with Crippen molar-refractivity contribution in [3.8, 4) is 0 Å². The van der Waals surface area contributed by atoms with Gasteiger partial charge in [0.15, 0.2) is 0 Å². The van der Waals surface area contributed by atoms with E-state index >= 15 is 0 Å². The molecule has 1 aliphatic rings. The summed E-state index contributed by atoms with van der Waals surface area (Å²) in [6, 6.07) is 0.690. The molecule has 1 heterocycles. The molecular formula is C8H17NS. The Kier molecular flexibility index (Phi) is 3.05. The van der Waals surface area contributed by atoms with Gasteiger partial charge in [0.1, 0.15) is 0 Å². The van der Waals surface area contributed by atoms with Crippen molar-refractivity contribution in [2.24, 2.45) is 5.92 Å². The molecule has 2 heteroatoms. The highest BCUT2D eigenvalue weighted by Gasteiger charge is 2.18. The minimum absolute atomic E-state index is 0.690. The summed E-state index contributed by atoms with van der Waals surface area (Å²) in [5.41, 5.74) is 0. The van der Waals surface area contributed by atoms with Crippen LogP contribution in [0.1, 0.15) is 20.8 Å². The predicted octanol–water partition coefficient (Wildman–Crippen LogP) is 1.74. The molecule has 0 aromatic carbocycles. The first kappa shape index (κ1) is 8.41. The SMILES string of the molecule is CC1CNC(C)C(C)SC1. The molecule has 0 saturated carbocycles. The molecule has 0 aliphatic carbocycles. The molecule has 1 nitrogen and oxygen atoms in total. The Morgan fingerprint density at radius 3 is 2.70 bits per heavy atom. The maximum atomic E-state index is 3.52. The van der Waals surface area contributed by atoms with Crippen LogP contribution in [0.25, 0.3) is 0 Å². The molecule has 1 N–H and O–H groups in total. The second-order valence-corrected chi connectivity index (χ2v) is 4.75. The molecule has 0 bridgehead atoms. The van der Waals surface area contributed by atoms with Crippen LogP contribution in [0.5, 0.6) is 0 Å². The highest BCUT2D eigenvalue weighted by molar-refractivity contribution is 7.99. The van der Waals surface area contributed by atoms with Crippen molar-refractivity contribution in [1.29, 1.82) is 0 Å². The highest BCUT2D eigenvalue weighted by atomic mass is 32.2. The molecule has 0 aromatic heterocycles. The van der Waals surface area contributed by atoms with Gasteiger partial charge in [-0.1, -0.05) is 13.8 Å². The fourth-order valence-electron chi connectivity index (χ4n) is 1.07. The van der Waals surface area contributed by atoms with E-state index in [1.807, 2.05) is 0 Å². The monoisotopic (exact) mass is 159 g/mol. The molecule has 60 valence electrons. The zero-order chi connectivity index (χ0) is 7.56. The summed E-state index contributed by atoms with van der Waals surface area (Å²) in [4.78, 5) is 0. The summed E-state index contributed by atoms with van der Waals surface area (Å²) in [7, 11) is 0. The number of thioether (sulfide) groups is 1. The topological polar surface area (TPSA) is 12.0 Å². The van der Waals surface area contributed by atoms with Crippen molar-refractivity contribution in [2.75, 3.05) is 12.3 Å². The molecule has 1 rings (SSSR count). The Balaban J connectivity index is 2.38. The Labute approximate surface area is 68.0 Å². The standard InChI is InChI=1S/C8H17NS/c1-6-4-9-7(2)8(3)10-5-6/h6-9H,4-5H2,1-3H3. The zero-order valence-electron chi connectivity index (χ0n) is 7.05. The van der Waals surface area contributed by atoms with E-state index in [9.17, 15) is 0 Å². The summed E-state index contributed by atoms with van der Waals surface area (Å²) < 4.78 is 0. The van der Waals surface area contributed by atoms with E-state index in [1.54, 1.807) is 0 Å². The Morgan fingerprint density at radius 2 is 2.00 bits per heavy atom. The fourth-order valence-corrected chi connectivity index (χ4v) is 2.21. The number of hydrogen-bond donors (Lipinski definition) is 1. The third kappa shape index (κ3) is 2.17. The van der Waals surface area contributed by atoms with Crippen LogP contribution in [0.3, 0.4) is 0 Å². The van der Waals surface area contributed by atoms with E-state index in [-0.39, 0.29) is 0 Å². The third-order valence-corrected chi connectivity index (χ3v) is 3.83. The quantitative estimate of drug-likeness (QED) is 0.578. The summed E-state index contributed by atoms with van der Waals surface area (Å²) in [6.45, 7) is 8.08. The van der Waals surface area contributed by atoms with Gasteiger partial charge in [-0.05, 0) is 25.1 Å². The average Bonchev–Trinajstić information content (AvgIpc) is 2.04. The lowest BCUT2D eigenvalue weighted by atomic mass is 10.2. The van der Waals surface area contributed by atoms with Crippen molar-refractivity contribution in [3.63, 3.8) is 0 Å². The van der Waals surface area contributed by atoms with Crippen LogP contribution in [0.2, 0.25) is 0 Å². The Bertz CT molecular complexity index is 93.4. The average molecular weight is 159 g/mol. The first-order valence-corrected chi connectivity index (χ1v) is 5.10. The summed E-state index contributed by atoms with van der Waals surface area (Å²) >= 11 is 2.09. The van der Waals surface area contributed by atoms with Crippen molar-refractivity contribution >= 4 is 11.8 Å². The van der Waals surface area contributed by atoms with Crippen LogP contribution in [0.15, 0.2) is 0 Å². The summed E-state index contributed by atoms with van der Waals surface area (Å²) in [6.07, 6.45) is 0. The van der Waals surface area contributed by atoms with Gasteiger partial charge in [-0.25, -0.2) is 0 Å². The normalized spacial score (nSPS) is 42.9. The molecule has 0 aromatic rings. The minimum Gasteiger partial charge on any atom is -0.313 e. The van der Waals surface area contributed by atoms with Gasteiger partial charge in [-0.2, -0.15) is 11.8 Å². The van der Waals surface area contributed by atoms with E-state index in [4.69, 9.17) is 0 Å². The van der Waals surface area contributed by atoms with Crippen LogP contribution in [0, 0.1) is 5.92 Å². The molecule has 1 saturated heterocycles. The smallest absolute Gasteiger partial charge is 0.0170 e. The number of nitrogens with one attached hydrogen (secondary N) is 1. The molecule has 0 amide bonds. The van der Waals surface area contributed by atoms with Crippen LogP contribution < -0.4 is 5.32 Å². The lowest BCUT2D eigenvalue weighted by Gasteiger charge is -2.15. The van der Waals surface area contributed by atoms with E-state index < -0.39 is 0 Å². The van der Waals surface area contributed by atoms with Gasteiger partial charge in [0.2, 0.25) is 0 Å². The molecule has 0 radical (unpaired) electrons. The predicted molar refractivity (Wildman–Crippen MR) is 48.5 cm³/mol. The molecule has 3 unspecified atom stereocenters. The van der Waals surface area contributed by atoms with Gasteiger partial charge < -0.3 is 5.32 Å². The van der Waals surface area contributed by atoms with Crippen molar-refractivity contribution in [2.45, 2.75) is 32.1 Å². The molecule has 1 fully saturated rings. The van der Waals surface area contributed by atoms with Crippen molar-refractivity contribution in [3.05, 3.63) is 0 Å². The Morgan fingerprint density at radius 1 is 1.30 bits per heavy atom. The van der Waals surface area contributed by atoms with Gasteiger partial charge in [-0.3, -0.25) is 0 Å². The van der Waals surface area contributed by atoms with Crippen LogP contribution in [0.4, 0.5) is 0 Å². The molecule has 1 aliphatic heterocycles. The lowest BCUT2D eigenvalue weighted by molar-refractivity contribution is 0.501. The van der Waals surface area contributed by atoms with Gasteiger partial charge in [0.25, 0.3) is 0 Å². The fraction of sp³-hybridized carbons (Fsp3) is 1.00. The summed E-state index contributed by atoms with van der Waals surface area (Å²) in [5.74, 6) is 2.16. The van der Waals surface area contributed by atoms with Crippen LogP contribution >= 0.6 is 11.8 Å². The number of hydrogen-bond acceptors (Lipinski definition) is 2. The van der Waals surface area contributed by atoms with Gasteiger partial charge in [0.05, 0.1) is 0 Å². The van der Waals surface area contributed by atoms with E-state index in [1.165, 1.54) is 12.3 Å². The second-order valence-electron chi connectivity index (χ2n) is 3.34. The minimum atomic E-state index is 0.690. The maximum absolute atomic E-state index is 3.52. The molecule has 3 atom stereocenters. The van der Waals surface area contributed by atoms with Crippen LogP contribution in [-0.4, -0.2) is 23.6 Å².